The SMILES string of the molecule is COc1ccc(N(CCC(N)=O)CC(=O)Nc2ccc(Cl)cc2Cl)cc1. The number of ether oxygens (including phenoxy) is 1. The van der Waals surface area contributed by atoms with Crippen LogP contribution in [0.1, 0.15) is 6.42 Å². The first-order valence-electron chi connectivity index (χ1n) is 7.81. The van der Waals surface area contributed by atoms with Gasteiger partial charge in [0, 0.05) is 23.7 Å². The third kappa shape index (κ3) is 5.82. The van der Waals surface area contributed by atoms with Gasteiger partial charge in [-0.1, -0.05) is 23.2 Å². The molecule has 3 N–H and O–H groups in total. The van der Waals surface area contributed by atoms with Crippen LogP contribution in [0.15, 0.2) is 42.5 Å². The molecule has 8 heteroatoms. The molecule has 0 bridgehead atoms. The molecule has 0 aliphatic carbocycles. The molecule has 0 spiro atoms. The van der Waals surface area contributed by atoms with Gasteiger partial charge in [-0.25, -0.2) is 0 Å². The number of anilines is 2. The van der Waals surface area contributed by atoms with E-state index in [0.29, 0.717) is 28.0 Å². The van der Waals surface area contributed by atoms with Gasteiger partial charge in [-0.2, -0.15) is 0 Å². The minimum absolute atomic E-state index is 0.0264. The molecule has 2 rings (SSSR count). The highest BCUT2D eigenvalue weighted by molar-refractivity contribution is 6.36. The van der Waals surface area contributed by atoms with E-state index in [1.165, 1.54) is 0 Å². The minimum atomic E-state index is -0.440. The molecule has 138 valence electrons. The molecule has 0 aliphatic heterocycles. The Balaban J connectivity index is 2.11. The second kappa shape index (κ2) is 9.31. The number of benzene rings is 2. The Hall–Kier alpha value is -2.44. The number of carbonyl (C=O) groups excluding carboxylic acids is 2. The maximum Gasteiger partial charge on any atom is 0.243 e. The highest BCUT2D eigenvalue weighted by Gasteiger charge is 2.14. The van der Waals surface area contributed by atoms with Crippen LogP contribution in [0.2, 0.25) is 10.0 Å². The fraction of sp³-hybridized carbons (Fsp3) is 0.222. The standard InChI is InChI=1S/C18H19Cl2N3O3/c1-26-14-5-3-13(4-6-14)23(9-8-17(21)24)11-18(25)22-16-7-2-12(19)10-15(16)20/h2-7,10H,8-9,11H2,1H3,(H2,21,24)(H,22,25). The summed E-state index contributed by atoms with van der Waals surface area (Å²) in [5, 5.41) is 3.56. The number of rotatable bonds is 8. The Morgan fingerprint density at radius 3 is 2.42 bits per heavy atom. The van der Waals surface area contributed by atoms with Gasteiger partial charge in [-0.15, -0.1) is 0 Å². The van der Waals surface area contributed by atoms with Gasteiger partial charge in [0.2, 0.25) is 11.8 Å². The van der Waals surface area contributed by atoms with E-state index in [9.17, 15) is 9.59 Å². The van der Waals surface area contributed by atoms with E-state index in [-0.39, 0.29) is 18.9 Å². The number of amides is 2. The molecule has 0 saturated carbocycles. The van der Waals surface area contributed by atoms with Crippen molar-refractivity contribution in [1.29, 1.82) is 0 Å². The van der Waals surface area contributed by atoms with Crippen molar-refractivity contribution < 1.29 is 14.3 Å². The Bertz CT molecular complexity index is 782. The third-order valence-electron chi connectivity index (χ3n) is 3.61. The molecule has 2 aromatic carbocycles. The highest BCUT2D eigenvalue weighted by Crippen LogP contribution is 2.25. The number of hydrogen-bond donors (Lipinski definition) is 2. The average molecular weight is 396 g/mol. The van der Waals surface area contributed by atoms with Gasteiger partial charge in [0.05, 0.1) is 24.4 Å². The fourth-order valence-corrected chi connectivity index (χ4v) is 2.75. The molecule has 0 fully saturated rings. The van der Waals surface area contributed by atoms with Crippen LogP contribution in [0.3, 0.4) is 0 Å². The van der Waals surface area contributed by atoms with Crippen LogP contribution in [-0.4, -0.2) is 32.0 Å². The van der Waals surface area contributed by atoms with Crippen LogP contribution in [-0.2, 0) is 9.59 Å². The topological polar surface area (TPSA) is 84.7 Å². The number of nitrogens with zero attached hydrogens (tertiary/aromatic N) is 1. The quantitative estimate of drug-likeness (QED) is 0.717. The van der Waals surface area contributed by atoms with E-state index < -0.39 is 5.91 Å². The van der Waals surface area contributed by atoms with Gasteiger partial charge in [-0.05, 0) is 42.5 Å². The molecular weight excluding hydrogens is 377 g/mol. The summed E-state index contributed by atoms with van der Waals surface area (Å²) in [5.41, 5.74) is 6.47. The number of halogens is 2. The molecule has 26 heavy (non-hydrogen) atoms. The van der Waals surface area contributed by atoms with Gasteiger partial charge >= 0.3 is 0 Å². The second-order valence-electron chi connectivity index (χ2n) is 5.51. The minimum Gasteiger partial charge on any atom is -0.497 e. The largest absolute Gasteiger partial charge is 0.497 e. The summed E-state index contributed by atoms with van der Waals surface area (Å²) < 4.78 is 5.13. The normalized spacial score (nSPS) is 10.3. The van der Waals surface area contributed by atoms with Gasteiger partial charge in [-0.3, -0.25) is 9.59 Å². The van der Waals surface area contributed by atoms with E-state index in [0.717, 1.165) is 5.69 Å². The Morgan fingerprint density at radius 1 is 1.15 bits per heavy atom. The van der Waals surface area contributed by atoms with Crippen molar-refractivity contribution in [1.82, 2.24) is 0 Å². The lowest BCUT2D eigenvalue weighted by atomic mass is 10.2. The number of primary amides is 1. The smallest absolute Gasteiger partial charge is 0.243 e. The summed E-state index contributed by atoms with van der Waals surface area (Å²) in [6.45, 7) is 0.335. The number of nitrogens with two attached hydrogens (primary N) is 1. The maximum atomic E-state index is 12.4. The Labute approximate surface area is 161 Å². The highest BCUT2D eigenvalue weighted by atomic mass is 35.5. The number of methoxy groups -OCH3 is 1. The summed E-state index contributed by atoms with van der Waals surface area (Å²) in [6.07, 6.45) is 0.126. The molecule has 0 aliphatic rings. The van der Waals surface area contributed by atoms with Crippen LogP contribution in [0, 0.1) is 0 Å². The van der Waals surface area contributed by atoms with Crippen LogP contribution >= 0.6 is 23.2 Å². The zero-order chi connectivity index (χ0) is 19.1. The van der Waals surface area contributed by atoms with Crippen molar-refractivity contribution in [2.45, 2.75) is 6.42 Å². The van der Waals surface area contributed by atoms with Crippen molar-refractivity contribution in [2.24, 2.45) is 5.73 Å². The first-order chi connectivity index (χ1) is 12.4. The zero-order valence-electron chi connectivity index (χ0n) is 14.2. The van der Waals surface area contributed by atoms with E-state index in [2.05, 4.69) is 5.32 Å². The monoisotopic (exact) mass is 395 g/mol. The molecule has 0 radical (unpaired) electrons. The molecule has 0 saturated heterocycles. The van der Waals surface area contributed by atoms with Gasteiger partial charge < -0.3 is 20.7 Å². The van der Waals surface area contributed by atoms with Crippen molar-refractivity contribution in [3.8, 4) is 5.75 Å². The lowest BCUT2D eigenvalue weighted by Gasteiger charge is -2.24. The fourth-order valence-electron chi connectivity index (χ4n) is 2.29. The van der Waals surface area contributed by atoms with Crippen LogP contribution in [0.5, 0.6) is 5.75 Å². The predicted molar refractivity (Wildman–Crippen MR) is 104 cm³/mol. The number of hydrogen-bond acceptors (Lipinski definition) is 4. The Morgan fingerprint density at radius 2 is 1.85 bits per heavy atom. The molecule has 2 amide bonds. The summed E-state index contributed by atoms with van der Waals surface area (Å²) in [4.78, 5) is 25.3. The lowest BCUT2D eigenvalue weighted by Crippen LogP contribution is -2.35. The first-order valence-corrected chi connectivity index (χ1v) is 8.57. The molecule has 2 aromatic rings. The molecule has 6 nitrogen and oxygen atoms in total. The summed E-state index contributed by atoms with van der Waals surface area (Å²) >= 11 is 11.9. The summed E-state index contributed by atoms with van der Waals surface area (Å²) in [7, 11) is 1.57. The summed E-state index contributed by atoms with van der Waals surface area (Å²) in [5.74, 6) is -0.0276. The van der Waals surface area contributed by atoms with Gasteiger partial charge in [0.25, 0.3) is 0 Å². The Kier molecular flexibility index (Phi) is 7.12. The number of nitrogens with one attached hydrogen (secondary N) is 1. The van der Waals surface area contributed by atoms with Crippen molar-refractivity contribution in [2.75, 3.05) is 30.4 Å². The zero-order valence-corrected chi connectivity index (χ0v) is 15.7. The first kappa shape index (κ1) is 19.9. The number of carbonyl (C=O) groups is 2. The van der Waals surface area contributed by atoms with E-state index in [4.69, 9.17) is 33.7 Å². The van der Waals surface area contributed by atoms with Crippen molar-refractivity contribution >= 4 is 46.4 Å². The lowest BCUT2D eigenvalue weighted by molar-refractivity contribution is -0.118. The average Bonchev–Trinajstić information content (AvgIpc) is 2.61. The van der Waals surface area contributed by atoms with Crippen LogP contribution in [0.25, 0.3) is 0 Å². The van der Waals surface area contributed by atoms with Crippen LogP contribution < -0.4 is 20.7 Å². The second-order valence-corrected chi connectivity index (χ2v) is 6.35. The van der Waals surface area contributed by atoms with Crippen LogP contribution in [0.4, 0.5) is 11.4 Å². The van der Waals surface area contributed by atoms with E-state index in [1.54, 1.807) is 42.3 Å². The van der Waals surface area contributed by atoms with E-state index >= 15 is 0 Å². The molecular formula is C18H19Cl2N3O3. The molecule has 0 aromatic heterocycles. The van der Waals surface area contributed by atoms with E-state index in [1.807, 2.05) is 12.1 Å². The summed E-state index contributed by atoms with van der Waals surface area (Å²) in [6, 6.07) is 12.0. The van der Waals surface area contributed by atoms with Crippen molar-refractivity contribution in [3.05, 3.63) is 52.5 Å². The molecule has 0 atom stereocenters. The van der Waals surface area contributed by atoms with Gasteiger partial charge in [0.15, 0.2) is 0 Å². The predicted octanol–water partition coefficient (Wildman–Crippen LogP) is 3.32. The third-order valence-corrected chi connectivity index (χ3v) is 4.15. The van der Waals surface area contributed by atoms with Crippen molar-refractivity contribution in [3.63, 3.8) is 0 Å². The molecule has 0 unspecified atom stereocenters. The van der Waals surface area contributed by atoms with Gasteiger partial charge in [0.1, 0.15) is 5.75 Å². The molecule has 0 heterocycles. The maximum absolute atomic E-state index is 12.4.